The molecular weight excluding hydrogens is 302 g/mol. The van der Waals surface area contributed by atoms with Crippen molar-refractivity contribution in [3.8, 4) is 0 Å². The van der Waals surface area contributed by atoms with Crippen molar-refractivity contribution in [2.45, 2.75) is 20.8 Å². The highest BCUT2D eigenvalue weighted by Gasteiger charge is 2.22. The first-order valence-corrected chi connectivity index (χ1v) is 7.85. The predicted molar refractivity (Wildman–Crippen MR) is 80.8 cm³/mol. The van der Waals surface area contributed by atoms with Gasteiger partial charge in [-0.25, -0.2) is 8.42 Å². The average molecular weight is 320 g/mol. The fourth-order valence-electron chi connectivity index (χ4n) is 1.59. The molecule has 6 nitrogen and oxygen atoms in total. The largest absolute Gasteiger partial charge is 0.409 e. The van der Waals surface area contributed by atoms with Crippen molar-refractivity contribution < 1.29 is 13.6 Å². The molecule has 0 heterocycles. The van der Waals surface area contributed by atoms with Gasteiger partial charge in [0.1, 0.15) is 0 Å². The van der Waals surface area contributed by atoms with Crippen LogP contribution in [0.2, 0.25) is 5.02 Å². The Kier molecular flexibility index (Phi) is 4.88. The first-order chi connectivity index (χ1) is 9.04. The van der Waals surface area contributed by atoms with Gasteiger partial charge in [0.25, 0.3) is 0 Å². The first-order valence-electron chi connectivity index (χ1n) is 5.82. The maximum atomic E-state index is 12.0. The van der Waals surface area contributed by atoms with Gasteiger partial charge in [0.2, 0.25) is 10.0 Å². The highest BCUT2D eigenvalue weighted by molar-refractivity contribution is 7.92. The zero-order chi connectivity index (χ0) is 15.6. The third kappa shape index (κ3) is 4.90. The molecule has 1 aromatic rings. The third-order valence-electron chi connectivity index (χ3n) is 2.26. The molecule has 0 fully saturated rings. The Morgan fingerprint density at radius 1 is 1.45 bits per heavy atom. The summed E-state index contributed by atoms with van der Waals surface area (Å²) in [6.45, 7) is 5.46. The van der Waals surface area contributed by atoms with Crippen LogP contribution in [-0.4, -0.2) is 25.2 Å². The lowest BCUT2D eigenvalue weighted by molar-refractivity contribution is 0.318. The maximum Gasteiger partial charge on any atom is 0.233 e. The second-order valence-electron chi connectivity index (χ2n) is 5.60. The lowest BCUT2D eigenvalue weighted by Gasteiger charge is -2.19. The van der Waals surface area contributed by atoms with Gasteiger partial charge in [-0.15, -0.1) is 0 Å². The van der Waals surface area contributed by atoms with Crippen molar-refractivity contribution in [3.63, 3.8) is 0 Å². The number of sulfonamides is 1. The zero-order valence-corrected chi connectivity index (χ0v) is 13.1. The third-order valence-corrected chi connectivity index (χ3v) is 4.36. The molecule has 0 aliphatic heterocycles. The van der Waals surface area contributed by atoms with E-state index in [1.807, 2.05) is 20.8 Å². The van der Waals surface area contributed by atoms with E-state index in [4.69, 9.17) is 22.5 Å². The second kappa shape index (κ2) is 5.88. The van der Waals surface area contributed by atoms with E-state index in [-0.39, 0.29) is 27.7 Å². The quantitative estimate of drug-likeness (QED) is 0.342. The van der Waals surface area contributed by atoms with Crippen LogP contribution < -0.4 is 10.5 Å². The fraction of sp³-hybridized carbons (Fsp3) is 0.417. The van der Waals surface area contributed by atoms with Crippen LogP contribution in [0.3, 0.4) is 0 Å². The highest BCUT2D eigenvalue weighted by atomic mass is 35.5. The molecule has 0 saturated heterocycles. The van der Waals surface area contributed by atoms with Crippen molar-refractivity contribution >= 4 is 33.1 Å². The van der Waals surface area contributed by atoms with Gasteiger partial charge in [-0.3, -0.25) is 4.72 Å². The molecule has 0 aromatic heterocycles. The Morgan fingerprint density at radius 2 is 2.05 bits per heavy atom. The number of nitrogens with zero attached hydrogens (tertiary/aromatic N) is 1. The molecule has 112 valence electrons. The molecule has 4 N–H and O–H groups in total. The maximum absolute atomic E-state index is 12.0. The van der Waals surface area contributed by atoms with Crippen LogP contribution in [0.1, 0.15) is 26.3 Å². The Bertz CT molecular complexity index is 621. The molecule has 0 saturated carbocycles. The van der Waals surface area contributed by atoms with Gasteiger partial charge in [-0.2, -0.15) is 0 Å². The van der Waals surface area contributed by atoms with E-state index >= 15 is 0 Å². The van der Waals surface area contributed by atoms with Gasteiger partial charge in [-0.1, -0.05) is 37.5 Å². The number of nitrogens with one attached hydrogen (secondary N) is 1. The van der Waals surface area contributed by atoms with Gasteiger partial charge >= 0.3 is 0 Å². The lowest BCUT2D eigenvalue weighted by Crippen LogP contribution is -2.26. The molecule has 20 heavy (non-hydrogen) atoms. The second-order valence-corrected chi connectivity index (χ2v) is 7.73. The molecule has 0 aliphatic carbocycles. The molecule has 0 radical (unpaired) electrons. The van der Waals surface area contributed by atoms with Crippen LogP contribution in [0, 0.1) is 5.41 Å². The van der Waals surface area contributed by atoms with Crippen LogP contribution in [-0.2, 0) is 10.0 Å². The number of anilines is 1. The Morgan fingerprint density at radius 3 is 2.55 bits per heavy atom. The topological polar surface area (TPSA) is 105 Å². The first kappa shape index (κ1) is 16.6. The number of hydrogen-bond acceptors (Lipinski definition) is 4. The van der Waals surface area contributed by atoms with Gasteiger partial charge in [0.05, 0.1) is 16.5 Å². The number of benzene rings is 1. The van der Waals surface area contributed by atoms with Crippen molar-refractivity contribution in [2.75, 3.05) is 10.5 Å². The van der Waals surface area contributed by atoms with E-state index in [2.05, 4.69) is 9.88 Å². The standard InChI is InChI=1S/C12H18ClN3O3S/c1-12(2,3)7-20(18,19)16-10-6-8(11(14)15-17)4-5-9(10)13/h4-6,16-17H,7H2,1-3H3,(H2,14,15). The summed E-state index contributed by atoms with van der Waals surface area (Å²) in [6, 6.07) is 4.42. The van der Waals surface area contributed by atoms with E-state index < -0.39 is 10.0 Å². The fourth-order valence-corrected chi connectivity index (χ4v) is 3.53. The summed E-state index contributed by atoms with van der Waals surface area (Å²) in [4.78, 5) is 0. The molecule has 0 amide bonds. The molecular formula is C12H18ClN3O3S. The normalized spacial score (nSPS) is 13.3. The number of amidine groups is 1. The highest BCUT2D eigenvalue weighted by Crippen LogP contribution is 2.26. The molecule has 0 unspecified atom stereocenters. The molecule has 0 spiro atoms. The summed E-state index contributed by atoms with van der Waals surface area (Å²) >= 11 is 5.95. The number of rotatable bonds is 4. The van der Waals surface area contributed by atoms with Gasteiger partial charge in [0.15, 0.2) is 5.84 Å². The smallest absolute Gasteiger partial charge is 0.233 e. The van der Waals surface area contributed by atoms with Gasteiger partial charge in [-0.05, 0) is 23.6 Å². The van der Waals surface area contributed by atoms with Crippen LogP contribution in [0.25, 0.3) is 0 Å². The predicted octanol–water partition coefficient (Wildman–Crippen LogP) is 2.22. The minimum Gasteiger partial charge on any atom is -0.409 e. The summed E-state index contributed by atoms with van der Waals surface area (Å²) in [6.07, 6.45) is 0. The minimum absolute atomic E-state index is 0.0515. The zero-order valence-electron chi connectivity index (χ0n) is 11.5. The Labute approximate surface area is 123 Å². The average Bonchev–Trinajstić information content (AvgIpc) is 2.27. The monoisotopic (exact) mass is 319 g/mol. The van der Waals surface area contributed by atoms with E-state index in [0.29, 0.717) is 5.56 Å². The molecule has 1 aromatic carbocycles. The Hall–Kier alpha value is -1.47. The number of halogens is 1. The molecule has 8 heteroatoms. The van der Waals surface area contributed by atoms with Crippen molar-refractivity contribution in [2.24, 2.45) is 16.3 Å². The van der Waals surface area contributed by atoms with E-state index in [1.165, 1.54) is 18.2 Å². The summed E-state index contributed by atoms with van der Waals surface area (Å²) in [5.41, 5.74) is 5.63. The molecule has 0 bridgehead atoms. The van der Waals surface area contributed by atoms with Gasteiger partial charge < -0.3 is 10.9 Å². The van der Waals surface area contributed by atoms with Crippen molar-refractivity contribution in [1.29, 1.82) is 0 Å². The van der Waals surface area contributed by atoms with E-state index in [0.717, 1.165) is 0 Å². The lowest BCUT2D eigenvalue weighted by atomic mass is 10.0. The SMILES string of the molecule is CC(C)(C)CS(=O)(=O)Nc1cc(/C(N)=N/O)ccc1Cl. The van der Waals surface area contributed by atoms with Crippen LogP contribution in [0.4, 0.5) is 5.69 Å². The molecule has 1 rings (SSSR count). The summed E-state index contributed by atoms with van der Waals surface area (Å²) in [7, 11) is -3.54. The van der Waals surface area contributed by atoms with Crippen molar-refractivity contribution in [1.82, 2.24) is 0 Å². The Balaban J connectivity index is 3.09. The summed E-state index contributed by atoms with van der Waals surface area (Å²) < 4.78 is 26.5. The summed E-state index contributed by atoms with van der Waals surface area (Å²) in [5, 5.41) is 11.7. The summed E-state index contributed by atoms with van der Waals surface area (Å²) in [5.74, 6) is -0.178. The van der Waals surface area contributed by atoms with Crippen LogP contribution >= 0.6 is 11.6 Å². The molecule has 0 aliphatic rings. The van der Waals surface area contributed by atoms with Crippen molar-refractivity contribution in [3.05, 3.63) is 28.8 Å². The van der Waals surface area contributed by atoms with E-state index in [1.54, 1.807) is 0 Å². The van der Waals surface area contributed by atoms with Gasteiger partial charge in [0, 0.05) is 5.56 Å². The van der Waals surface area contributed by atoms with Crippen LogP contribution in [0.5, 0.6) is 0 Å². The minimum atomic E-state index is -3.54. The number of nitrogens with two attached hydrogens (primary N) is 1. The number of oxime groups is 1. The number of hydrogen-bond donors (Lipinski definition) is 3. The molecule has 0 atom stereocenters. The van der Waals surface area contributed by atoms with E-state index in [9.17, 15) is 8.42 Å². The van der Waals surface area contributed by atoms with Crippen LogP contribution in [0.15, 0.2) is 23.4 Å².